The third-order valence-electron chi connectivity index (χ3n) is 5.39. The minimum atomic E-state index is -5.72. The Morgan fingerprint density at radius 3 is 1.16 bits per heavy atom. The van der Waals surface area contributed by atoms with Gasteiger partial charge in [-0.05, 0) is 48.5 Å². The third kappa shape index (κ3) is 3.61. The molecule has 6 heteroatoms. The van der Waals surface area contributed by atoms with E-state index in [9.17, 15) is 22.0 Å². The van der Waals surface area contributed by atoms with Gasteiger partial charge in [-0.15, -0.1) is 0 Å². The molecule has 32 heavy (non-hydrogen) atoms. The molecule has 0 amide bonds. The van der Waals surface area contributed by atoms with Gasteiger partial charge in [0.15, 0.2) is 0 Å². The van der Waals surface area contributed by atoms with E-state index in [2.05, 4.69) is 0 Å². The zero-order chi connectivity index (χ0) is 22.8. The summed E-state index contributed by atoms with van der Waals surface area (Å²) >= 11 is 0. The first-order valence-corrected chi connectivity index (χ1v) is 11.7. The highest BCUT2D eigenvalue weighted by Gasteiger charge is 2.63. The second kappa shape index (κ2) is 8.48. The number of hydrogen-bond acceptors (Lipinski definition) is 0. The van der Waals surface area contributed by atoms with Crippen LogP contribution in [0.5, 0.6) is 0 Å². The van der Waals surface area contributed by atoms with E-state index >= 15 is 0 Å². The highest BCUT2D eigenvalue weighted by molar-refractivity contribution is 8.01. The topological polar surface area (TPSA) is 0 Å². The molecule has 0 bridgehead atoms. The molecule has 0 atom stereocenters. The van der Waals surface area contributed by atoms with Gasteiger partial charge in [0.05, 0.1) is 5.56 Å². The fourth-order valence-electron chi connectivity index (χ4n) is 4.00. The van der Waals surface area contributed by atoms with Crippen molar-refractivity contribution in [2.75, 3.05) is 0 Å². The molecule has 0 unspecified atom stereocenters. The lowest BCUT2D eigenvalue weighted by Gasteiger charge is -2.31. The van der Waals surface area contributed by atoms with Crippen molar-refractivity contribution in [3.63, 3.8) is 0 Å². The second-order valence-electron chi connectivity index (χ2n) is 7.27. The molecule has 0 aliphatic carbocycles. The summed E-state index contributed by atoms with van der Waals surface area (Å²) in [7, 11) is -3.09. The number of halogens is 5. The van der Waals surface area contributed by atoms with Gasteiger partial charge in [-0.3, -0.25) is 0 Å². The van der Waals surface area contributed by atoms with Crippen molar-refractivity contribution in [2.24, 2.45) is 0 Å². The molecule has 4 aromatic rings. The molecule has 0 N–H and O–H groups in total. The summed E-state index contributed by atoms with van der Waals surface area (Å²) < 4.78 is 70.5. The molecule has 0 heterocycles. The van der Waals surface area contributed by atoms with Crippen LogP contribution in [0.4, 0.5) is 22.0 Å². The number of alkyl halides is 5. The van der Waals surface area contributed by atoms with E-state index in [0.29, 0.717) is 15.9 Å². The van der Waals surface area contributed by atoms with Crippen LogP contribution in [0.25, 0.3) is 0 Å². The molecule has 0 nitrogen and oxygen atoms in total. The monoisotopic (exact) mass is 457 g/mol. The van der Waals surface area contributed by atoms with Crippen LogP contribution < -0.4 is 21.2 Å². The van der Waals surface area contributed by atoms with E-state index in [-0.39, 0.29) is 5.30 Å². The van der Waals surface area contributed by atoms with E-state index in [1.807, 2.05) is 0 Å². The van der Waals surface area contributed by atoms with Gasteiger partial charge in [0.1, 0.15) is 28.5 Å². The van der Waals surface area contributed by atoms with Gasteiger partial charge < -0.3 is 0 Å². The average molecular weight is 457 g/mol. The zero-order valence-electron chi connectivity index (χ0n) is 16.8. The normalized spacial score (nSPS) is 12.5. The van der Waals surface area contributed by atoms with Crippen LogP contribution in [0.1, 0.15) is 5.56 Å². The Labute approximate surface area is 183 Å². The van der Waals surface area contributed by atoms with E-state index in [1.54, 1.807) is 91.0 Å². The molecule has 0 radical (unpaired) electrons. The van der Waals surface area contributed by atoms with Crippen molar-refractivity contribution in [3.8, 4) is 0 Å². The first-order chi connectivity index (χ1) is 15.3. The van der Waals surface area contributed by atoms with Crippen molar-refractivity contribution >= 4 is 28.5 Å². The lowest BCUT2D eigenvalue weighted by molar-refractivity contribution is -0.288. The second-order valence-corrected chi connectivity index (χ2v) is 10.6. The largest absolute Gasteiger partial charge is 0.458 e. The molecule has 4 rings (SSSR count). The van der Waals surface area contributed by atoms with Gasteiger partial charge in [-0.2, -0.15) is 22.0 Å². The lowest BCUT2D eigenvalue weighted by atomic mass is 10.1. The van der Waals surface area contributed by atoms with Crippen molar-refractivity contribution in [1.82, 2.24) is 0 Å². The van der Waals surface area contributed by atoms with Gasteiger partial charge in [-0.25, -0.2) is 0 Å². The van der Waals surface area contributed by atoms with E-state index in [0.717, 1.165) is 6.07 Å². The highest BCUT2D eigenvalue weighted by atomic mass is 31.2. The maximum Gasteiger partial charge on any atom is 0.458 e. The summed E-state index contributed by atoms with van der Waals surface area (Å²) in [5, 5.41) is 2.08. The van der Waals surface area contributed by atoms with Crippen molar-refractivity contribution in [3.05, 3.63) is 121 Å². The molecule has 0 fully saturated rings. The molecular formula is C26H19F5P+. The average Bonchev–Trinajstić information content (AvgIpc) is 2.81. The number of benzene rings is 4. The zero-order valence-corrected chi connectivity index (χ0v) is 17.7. The molecule has 0 aromatic heterocycles. The van der Waals surface area contributed by atoms with E-state index < -0.39 is 24.9 Å². The van der Waals surface area contributed by atoms with Crippen LogP contribution >= 0.6 is 7.26 Å². The first kappa shape index (κ1) is 22.2. The Bertz CT molecular complexity index is 1080. The van der Waals surface area contributed by atoms with Crippen LogP contribution in [0, 0.1) is 0 Å². The van der Waals surface area contributed by atoms with Gasteiger partial charge >= 0.3 is 12.1 Å². The Kier molecular flexibility index (Phi) is 5.87. The number of hydrogen-bond donors (Lipinski definition) is 0. The Morgan fingerprint density at radius 1 is 0.438 bits per heavy atom. The van der Waals surface area contributed by atoms with Crippen molar-refractivity contribution in [1.29, 1.82) is 0 Å². The molecule has 0 aliphatic rings. The quantitative estimate of drug-likeness (QED) is 0.256. The SMILES string of the molecule is FC(F)(F)C(F)(F)c1ccccc1[P+](c1ccccc1)(c1ccccc1)c1ccccc1. The van der Waals surface area contributed by atoms with Gasteiger partial charge in [0.25, 0.3) is 0 Å². The minimum absolute atomic E-state index is 0.00840. The van der Waals surface area contributed by atoms with Crippen molar-refractivity contribution < 1.29 is 22.0 Å². The Morgan fingerprint density at radius 2 is 0.781 bits per heavy atom. The fourth-order valence-corrected chi connectivity index (χ4v) is 8.48. The molecule has 0 aliphatic heterocycles. The van der Waals surface area contributed by atoms with Crippen LogP contribution in [-0.2, 0) is 5.92 Å². The lowest BCUT2D eigenvalue weighted by Crippen LogP contribution is -2.44. The van der Waals surface area contributed by atoms with E-state index in [1.165, 1.54) is 18.2 Å². The molecule has 4 aromatic carbocycles. The van der Waals surface area contributed by atoms with Crippen LogP contribution in [0.15, 0.2) is 115 Å². The maximum absolute atomic E-state index is 14.9. The van der Waals surface area contributed by atoms with Crippen LogP contribution in [-0.4, -0.2) is 6.18 Å². The predicted octanol–water partition coefficient (Wildman–Crippen LogP) is 5.96. The predicted molar refractivity (Wildman–Crippen MR) is 121 cm³/mol. The smallest absolute Gasteiger partial charge is 0.191 e. The van der Waals surface area contributed by atoms with E-state index in [4.69, 9.17) is 0 Å². The summed E-state index contributed by atoms with van der Waals surface area (Å²) in [6.07, 6.45) is -5.72. The standard InChI is InChI=1S/C26H19F5P/c27-25(28,26(29,30)31)23-18-10-11-19-24(23)32(20-12-4-1-5-13-20,21-14-6-2-7-15-21)22-16-8-3-9-17-22/h1-19H/q+1. The van der Waals surface area contributed by atoms with Crippen LogP contribution in [0.2, 0.25) is 0 Å². The first-order valence-electron chi connectivity index (χ1n) is 9.90. The molecule has 0 saturated carbocycles. The summed E-state index contributed by atoms with van der Waals surface area (Å²) in [6.45, 7) is 0. The fraction of sp³-hybridized carbons (Fsp3) is 0.0769. The van der Waals surface area contributed by atoms with Gasteiger partial charge in [0.2, 0.25) is 0 Å². The molecular weight excluding hydrogens is 438 g/mol. The summed E-state index contributed by atoms with van der Waals surface area (Å²) in [4.78, 5) is 0. The minimum Gasteiger partial charge on any atom is -0.191 e. The highest BCUT2D eigenvalue weighted by Crippen LogP contribution is 2.57. The van der Waals surface area contributed by atoms with Crippen molar-refractivity contribution in [2.45, 2.75) is 12.1 Å². The third-order valence-corrected chi connectivity index (χ3v) is 9.72. The van der Waals surface area contributed by atoms with Crippen LogP contribution in [0.3, 0.4) is 0 Å². The summed E-state index contributed by atoms with van der Waals surface area (Å²) in [6, 6.07) is 31.9. The molecule has 162 valence electrons. The summed E-state index contributed by atoms with van der Waals surface area (Å²) in [5.41, 5.74) is -1.02. The molecule has 0 saturated heterocycles. The summed E-state index contributed by atoms with van der Waals surface area (Å²) in [5.74, 6) is -5.01. The Hall–Kier alpha value is -3.04. The van der Waals surface area contributed by atoms with Gasteiger partial charge in [-0.1, -0.05) is 66.7 Å². The number of rotatable bonds is 5. The molecule has 0 spiro atoms. The van der Waals surface area contributed by atoms with Gasteiger partial charge in [0, 0.05) is 0 Å². The Balaban J connectivity index is 2.19. The maximum atomic E-state index is 14.9.